The van der Waals surface area contributed by atoms with Crippen LogP contribution in [0.3, 0.4) is 0 Å². The summed E-state index contributed by atoms with van der Waals surface area (Å²) in [5.41, 5.74) is 14.1. The van der Waals surface area contributed by atoms with Gasteiger partial charge in [-0.15, -0.1) is 0 Å². The fourth-order valence-corrected chi connectivity index (χ4v) is 3.54. The Bertz CT molecular complexity index is 1390. The van der Waals surface area contributed by atoms with E-state index in [2.05, 4.69) is 25.9 Å². The fourth-order valence-electron chi connectivity index (χ4n) is 3.54. The number of carbonyl (C=O) groups is 1. The molecular formula is C23H19N9O2. The molecule has 0 saturated carbocycles. The molecule has 0 saturated heterocycles. The van der Waals surface area contributed by atoms with E-state index in [1.807, 2.05) is 18.3 Å². The van der Waals surface area contributed by atoms with Gasteiger partial charge in [0.25, 0.3) is 0 Å². The van der Waals surface area contributed by atoms with Crippen molar-refractivity contribution in [3.8, 4) is 23.8 Å². The molecule has 2 heterocycles. The summed E-state index contributed by atoms with van der Waals surface area (Å²) >= 11 is 0. The number of nitrogen functional groups attached to an aromatic ring is 2. The molecule has 4 rings (SSSR count). The second-order valence-corrected chi connectivity index (χ2v) is 7.25. The lowest BCUT2D eigenvalue weighted by molar-refractivity contribution is -0.114. The van der Waals surface area contributed by atoms with E-state index in [0.717, 1.165) is 0 Å². The third kappa shape index (κ3) is 4.22. The summed E-state index contributed by atoms with van der Waals surface area (Å²) in [5, 5.41) is 26.6. The van der Waals surface area contributed by atoms with Gasteiger partial charge in [0, 0.05) is 23.7 Å². The maximum atomic E-state index is 11.2. The first-order valence-corrected chi connectivity index (χ1v) is 10.0. The van der Waals surface area contributed by atoms with Gasteiger partial charge < -0.3 is 26.8 Å². The van der Waals surface area contributed by atoms with Crippen molar-refractivity contribution in [2.75, 3.05) is 22.1 Å². The summed E-state index contributed by atoms with van der Waals surface area (Å²) in [4.78, 5) is 20.1. The largest absolute Gasteiger partial charge is 0.457 e. The molecule has 11 nitrogen and oxygen atoms in total. The minimum Gasteiger partial charge on any atom is -0.457 e. The standard InChI is InChI=1S/C23H19N9O2/c1-12(33)29-13-6-8-14(9-7-13)34-17-5-3-2-4-15(17)20-18-19(26)16(10-24)21(27)31-22(18)32-23(30-20)28-11-25/h2-9,20H,1H3,(H,29,33)(H6,26,27,28,30,31,32). The van der Waals surface area contributed by atoms with Gasteiger partial charge in [-0.1, -0.05) is 18.2 Å². The first kappa shape index (κ1) is 21.9. The van der Waals surface area contributed by atoms with Gasteiger partial charge in [0.05, 0.1) is 5.69 Å². The van der Waals surface area contributed by atoms with Gasteiger partial charge in [0.2, 0.25) is 11.9 Å². The summed E-state index contributed by atoms with van der Waals surface area (Å²) < 4.78 is 6.11. The SMILES string of the molecule is CC(=O)Nc1ccc(Oc2ccccc2C2N=C(NC#N)Nc3nc(N)c(C#N)c(N)c32)cc1. The van der Waals surface area contributed by atoms with Crippen molar-refractivity contribution in [2.45, 2.75) is 13.0 Å². The maximum Gasteiger partial charge on any atom is 0.221 e. The summed E-state index contributed by atoms with van der Waals surface area (Å²) in [7, 11) is 0. The number of aliphatic imine (C=N–C) groups is 1. The lowest BCUT2D eigenvalue weighted by Crippen LogP contribution is -2.32. The van der Waals surface area contributed by atoms with Crippen molar-refractivity contribution in [3.63, 3.8) is 0 Å². The number of fused-ring (bicyclic) bond motifs is 1. The topological polar surface area (TPSA) is 187 Å². The quantitative estimate of drug-likeness (QED) is 0.292. The van der Waals surface area contributed by atoms with Gasteiger partial charge in [0.1, 0.15) is 40.8 Å². The highest BCUT2D eigenvalue weighted by molar-refractivity contribution is 5.98. The van der Waals surface area contributed by atoms with Crippen molar-refractivity contribution >= 4 is 34.9 Å². The van der Waals surface area contributed by atoms with E-state index in [-0.39, 0.29) is 34.8 Å². The molecule has 1 amide bonds. The number of amides is 1. The van der Waals surface area contributed by atoms with Crippen LogP contribution in [0.1, 0.15) is 29.7 Å². The van der Waals surface area contributed by atoms with Crippen LogP contribution in [0, 0.1) is 22.8 Å². The number of carbonyl (C=O) groups excluding carboxylic acids is 1. The highest BCUT2D eigenvalue weighted by Gasteiger charge is 2.31. The van der Waals surface area contributed by atoms with Crippen molar-refractivity contribution in [1.82, 2.24) is 10.3 Å². The first-order chi connectivity index (χ1) is 16.4. The Hall–Kier alpha value is -5.29. The summed E-state index contributed by atoms with van der Waals surface area (Å²) in [6.07, 6.45) is 1.82. The Morgan fingerprint density at radius 1 is 1.15 bits per heavy atom. The Labute approximate surface area is 194 Å². The number of nitrogens with zero attached hydrogens (tertiary/aromatic N) is 4. The third-order valence-electron chi connectivity index (χ3n) is 4.97. The number of benzene rings is 2. The first-order valence-electron chi connectivity index (χ1n) is 10.0. The van der Waals surface area contributed by atoms with E-state index in [1.54, 1.807) is 42.5 Å². The molecule has 2 aromatic carbocycles. The molecule has 0 fully saturated rings. The van der Waals surface area contributed by atoms with Gasteiger partial charge >= 0.3 is 0 Å². The zero-order chi connectivity index (χ0) is 24.2. The minimum atomic E-state index is -0.748. The fraction of sp³-hybridized carbons (Fsp3) is 0.0870. The smallest absolute Gasteiger partial charge is 0.221 e. The Morgan fingerprint density at radius 2 is 1.88 bits per heavy atom. The molecule has 1 aliphatic heterocycles. The Morgan fingerprint density at radius 3 is 2.56 bits per heavy atom. The van der Waals surface area contributed by atoms with Crippen LogP contribution < -0.4 is 32.2 Å². The molecule has 0 spiro atoms. The lowest BCUT2D eigenvalue weighted by atomic mass is 9.94. The molecule has 7 N–H and O–H groups in total. The number of aromatic nitrogens is 1. The van der Waals surface area contributed by atoms with Crippen LogP contribution in [0.5, 0.6) is 11.5 Å². The predicted octanol–water partition coefficient (Wildman–Crippen LogP) is 2.81. The van der Waals surface area contributed by atoms with Gasteiger partial charge in [-0.3, -0.25) is 10.1 Å². The van der Waals surface area contributed by atoms with Crippen molar-refractivity contribution in [2.24, 2.45) is 4.99 Å². The Balaban J connectivity index is 1.79. The van der Waals surface area contributed by atoms with Gasteiger partial charge in [0.15, 0.2) is 6.19 Å². The third-order valence-corrected chi connectivity index (χ3v) is 4.97. The van der Waals surface area contributed by atoms with E-state index >= 15 is 0 Å². The predicted molar refractivity (Wildman–Crippen MR) is 127 cm³/mol. The van der Waals surface area contributed by atoms with Crippen LogP contribution in [0.25, 0.3) is 0 Å². The second-order valence-electron chi connectivity index (χ2n) is 7.25. The molecule has 11 heteroatoms. The molecule has 3 aromatic rings. The molecule has 0 bridgehead atoms. The maximum absolute atomic E-state index is 11.2. The number of nitrogens with one attached hydrogen (secondary N) is 3. The van der Waals surface area contributed by atoms with Crippen molar-refractivity contribution in [1.29, 1.82) is 10.5 Å². The molecule has 1 unspecified atom stereocenters. The number of nitriles is 2. The van der Waals surface area contributed by atoms with Gasteiger partial charge in [-0.25, -0.2) is 9.98 Å². The minimum absolute atomic E-state index is 0.0352. The van der Waals surface area contributed by atoms with E-state index in [4.69, 9.17) is 21.5 Å². The van der Waals surface area contributed by atoms with E-state index < -0.39 is 6.04 Å². The number of nitrogens with two attached hydrogens (primary N) is 2. The number of hydrogen-bond donors (Lipinski definition) is 5. The van der Waals surface area contributed by atoms with Crippen LogP contribution in [0.4, 0.5) is 23.0 Å². The highest BCUT2D eigenvalue weighted by Crippen LogP contribution is 2.43. The van der Waals surface area contributed by atoms with Crippen molar-refractivity contribution in [3.05, 3.63) is 65.2 Å². The van der Waals surface area contributed by atoms with Gasteiger partial charge in [-0.05, 0) is 30.3 Å². The number of anilines is 4. The zero-order valence-electron chi connectivity index (χ0n) is 18.0. The number of ether oxygens (including phenoxy) is 1. The summed E-state index contributed by atoms with van der Waals surface area (Å²) in [6.45, 7) is 1.43. The number of pyridine rings is 1. The molecule has 1 aromatic heterocycles. The Kier molecular flexibility index (Phi) is 5.84. The normalized spacial score (nSPS) is 13.9. The van der Waals surface area contributed by atoms with E-state index in [0.29, 0.717) is 28.3 Å². The molecule has 1 aliphatic rings. The van der Waals surface area contributed by atoms with Crippen molar-refractivity contribution < 1.29 is 9.53 Å². The van der Waals surface area contributed by atoms with Crippen LogP contribution in [0.15, 0.2) is 53.5 Å². The van der Waals surface area contributed by atoms with Crippen LogP contribution in [-0.4, -0.2) is 16.9 Å². The zero-order valence-corrected chi connectivity index (χ0v) is 18.0. The summed E-state index contributed by atoms with van der Waals surface area (Å²) in [6, 6.07) is 15.3. The summed E-state index contributed by atoms with van der Waals surface area (Å²) in [5.74, 6) is 1.21. The van der Waals surface area contributed by atoms with Crippen LogP contribution in [-0.2, 0) is 4.79 Å². The number of para-hydroxylation sites is 1. The number of rotatable bonds is 4. The molecular weight excluding hydrogens is 434 g/mol. The lowest BCUT2D eigenvalue weighted by Gasteiger charge is -2.27. The molecule has 1 atom stereocenters. The van der Waals surface area contributed by atoms with Crippen LogP contribution >= 0.6 is 0 Å². The monoisotopic (exact) mass is 453 g/mol. The average Bonchev–Trinajstić information content (AvgIpc) is 2.80. The number of guanidine groups is 1. The van der Waals surface area contributed by atoms with E-state index in [9.17, 15) is 10.1 Å². The molecule has 0 aliphatic carbocycles. The molecule has 0 radical (unpaired) electrons. The molecule has 34 heavy (non-hydrogen) atoms. The number of hydrogen-bond acceptors (Lipinski definition) is 10. The van der Waals surface area contributed by atoms with Crippen LogP contribution in [0.2, 0.25) is 0 Å². The highest BCUT2D eigenvalue weighted by atomic mass is 16.5. The molecule has 168 valence electrons. The van der Waals surface area contributed by atoms with E-state index in [1.165, 1.54) is 6.92 Å². The van der Waals surface area contributed by atoms with Gasteiger partial charge in [-0.2, -0.15) is 10.5 Å². The average molecular weight is 453 g/mol. The second kappa shape index (κ2) is 9.06.